The van der Waals surface area contributed by atoms with Gasteiger partial charge in [-0.15, -0.1) is 0 Å². The molecule has 0 radical (unpaired) electrons. The molecule has 2 atom stereocenters. The summed E-state index contributed by atoms with van der Waals surface area (Å²) in [6, 6.07) is 17.4. The molecule has 3 heterocycles. The molecule has 2 aromatic heterocycles. The molecule has 1 saturated carbocycles. The van der Waals surface area contributed by atoms with E-state index in [9.17, 15) is 9.59 Å². The highest BCUT2D eigenvalue weighted by molar-refractivity contribution is 9.10. The Morgan fingerprint density at radius 3 is 2.62 bits per heavy atom. The van der Waals surface area contributed by atoms with Gasteiger partial charge < -0.3 is 14.2 Å². The number of hydrogen-bond donors (Lipinski definition) is 0. The van der Waals surface area contributed by atoms with Crippen molar-refractivity contribution in [3.63, 3.8) is 0 Å². The van der Waals surface area contributed by atoms with E-state index in [0.29, 0.717) is 37.7 Å². The summed E-state index contributed by atoms with van der Waals surface area (Å²) in [6.45, 7) is 3.04. The van der Waals surface area contributed by atoms with Crippen LogP contribution in [-0.2, 0) is 35.5 Å². The zero-order valence-corrected chi connectivity index (χ0v) is 30.6. The molecule has 0 bridgehead atoms. The zero-order chi connectivity index (χ0) is 34.5. The largest absolute Gasteiger partial charge is 0.446 e. The van der Waals surface area contributed by atoms with Crippen molar-refractivity contribution in [2.45, 2.75) is 82.6 Å². The van der Waals surface area contributed by atoms with Crippen LogP contribution in [0.25, 0.3) is 0 Å². The third-order valence-corrected chi connectivity index (χ3v) is 11.0. The van der Waals surface area contributed by atoms with Gasteiger partial charge in [-0.3, -0.25) is 19.6 Å². The first kappa shape index (κ1) is 34.7. The molecule has 3 aliphatic rings. The van der Waals surface area contributed by atoms with Gasteiger partial charge in [0.1, 0.15) is 12.1 Å². The number of fused-ring (bicyclic) bond motifs is 2. The molecule has 1 saturated heterocycles. The first-order chi connectivity index (χ1) is 24.4. The Labute approximate surface area is 307 Å². The first-order valence-electron chi connectivity index (χ1n) is 17.9. The van der Waals surface area contributed by atoms with Gasteiger partial charge in [0.2, 0.25) is 5.91 Å². The Kier molecular flexibility index (Phi) is 11.2. The summed E-state index contributed by atoms with van der Waals surface area (Å²) in [5.74, 6) is -0.0706. The number of aromatic nitrogens is 3. The Balaban J connectivity index is 1.22. The molecule has 50 heavy (non-hydrogen) atoms. The third-order valence-electron chi connectivity index (χ3n) is 10.3. The van der Waals surface area contributed by atoms with Crippen molar-refractivity contribution in [3.05, 3.63) is 117 Å². The molecule has 0 N–H and O–H groups in total. The third kappa shape index (κ3) is 8.08. The SMILES string of the molecule is O=C([C@H]1CN([C@H]2c3ccc(Cl)cc3CCc3cc(Br)cnc32)CCN1C(=O)OC1CCCCC1)N(CCCn1ccnc1)Cc1ccccc1. The van der Waals surface area contributed by atoms with Crippen molar-refractivity contribution in [1.82, 2.24) is 29.2 Å². The van der Waals surface area contributed by atoms with E-state index in [-0.39, 0.29) is 24.1 Å². The van der Waals surface area contributed by atoms with Crippen LogP contribution < -0.4 is 0 Å². The molecule has 4 aromatic rings. The van der Waals surface area contributed by atoms with Gasteiger partial charge in [0.05, 0.1) is 18.1 Å². The minimum absolute atomic E-state index is 0.0706. The van der Waals surface area contributed by atoms with Crippen molar-refractivity contribution in [2.24, 2.45) is 0 Å². The van der Waals surface area contributed by atoms with E-state index in [1.807, 2.05) is 58.3 Å². The number of rotatable bonds is 9. The van der Waals surface area contributed by atoms with Gasteiger partial charge in [0.25, 0.3) is 0 Å². The molecule has 0 spiro atoms. The molecule has 9 nitrogen and oxygen atoms in total. The van der Waals surface area contributed by atoms with Crippen molar-refractivity contribution in [2.75, 3.05) is 26.2 Å². The predicted molar refractivity (Wildman–Crippen MR) is 197 cm³/mol. The lowest BCUT2D eigenvalue weighted by Gasteiger charge is -2.45. The molecule has 7 rings (SSSR count). The summed E-state index contributed by atoms with van der Waals surface area (Å²) >= 11 is 10.2. The second-order valence-corrected chi connectivity index (χ2v) is 15.0. The maximum atomic E-state index is 15.0. The molecule has 2 fully saturated rings. The topological polar surface area (TPSA) is 83.8 Å². The van der Waals surface area contributed by atoms with E-state index in [0.717, 1.165) is 72.8 Å². The fourth-order valence-corrected chi connectivity index (χ4v) is 8.36. The van der Waals surface area contributed by atoms with Gasteiger partial charge in [0, 0.05) is 67.4 Å². The number of benzene rings is 2. The number of carbonyl (C=O) groups excluding carboxylic acids is 2. The van der Waals surface area contributed by atoms with Crippen molar-refractivity contribution < 1.29 is 14.3 Å². The Morgan fingerprint density at radius 2 is 1.82 bits per heavy atom. The number of nitrogens with zero attached hydrogens (tertiary/aromatic N) is 6. The number of aryl methyl sites for hydroxylation is 3. The lowest BCUT2D eigenvalue weighted by molar-refractivity contribution is -0.140. The number of carbonyl (C=O) groups is 2. The number of piperazine rings is 1. The van der Waals surface area contributed by atoms with E-state index in [2.05, 4.69) is 44.0 Å². The maximum Gasteiger partial charge on any atom is 0.410 e. The Hall–Kier alpha value is -3.73. The van der Waals surface area contributed by atoms with Crippen LogP contribution in [0.1, 0.15) is 72.5 Å². The lowest BCUT2D eigenvalue weighted by atomic mass is 9.95. The molecule has 2 aliphatic carbocycles. The van der Waals surface area contributed by atoms with Crippen LogP contribution in [0.2, 0.25) is 5.02 Å². The zero-order valence-electron chi connectivity index (χ0n) is 28.3. The molecule has 2 amide bonds. The molecular formula is C39H44BrClN6O3. The maximum absolute atomic E-state index is 15.0. The van der Waals surface area contributed by atoms with Gasteiger partial charge >= 0.3 is 6.09 Å². The number of pyridine rings is 1. The predicted octanol–water partition coefficient (Wildman–Crippen LogP) is 7.46. The summed E-state index contributed by atoms with van der Waals surface area (Å²) < 4.78 is 9.10. The first-order valence-corrected chi connectivity index (χ1v) is 19.0. The van der Waals surface area contributed by atoms with E-state index < -0.39 is 6.04 Å². The van der Waals surface area contributed by atoms with Gasteiger partial charge in [-0.1, -0.05) is 54.4 Å². The standard InChI is InChI=1S/C39H44BrClN6O3/c40-31-22-30-13-12-29-23-32(41)14-15-34(29)37(36(30)43-24-31)45-20-21-47(39(49)50-33-10-5-2-6-11-33)35(26-45)38(48)46(25-28-8-3-1-4-9-28)18-7-17-44-19-16-42-27-44/h1,3-4,8-9,14-16,19,22-24,27,33,35,37H,2,5-7,10-13,17-18,20-21,25-26H2/t35-,37+/m1/s1. The molecule has 0 unspecified atom stereocenters. The summed E-state index contributed by atoms with van der Waals surface area (Å²) in [5.41, 5.74) is 5.53. The number of halogens is 2. The summed E-state index contributed by atoms with van der Waals surface area (Å²) in [4.78, 5) is 44.1. The molecule has 11 heteroatoms. The summed E-state index contributed by atoms with van der Waals surface area (Å²) in [6.07, 6.45) is 14.3. The number of imidazole rings is 1. The number of hydrogen-bond acceptors (Lipinski definition) is 6. The second-order valence-electron chi connectivity index (χ2n) is 13.7. The molecular weight excluding hydrogens is 716 g/mol. The summed E-state index contributed by atoms with van der Waals surface area (Å²) in [7, 11) is 0. The van der Waals surface area contributed by atoms with E-state index >= 15 is 0 Å². The van der Waals surface area contributed by atoms with E-state index in [1.54, 1.807) is 17.4 Å². The van der Waals surface area contributed by atoms with Crippen LogP contribution >= 0.6 is 27.5 Å². The molecule has 262 valence electrons. The van der Waals surface area contributed by atoms with Crippen molar-refractivity contribution >= 4 is 39.5 Å². The smallest absolute Gasteiger partial charge is 0.410 e. The number of ether oxygens (including phenoxy) is 1. The fraction of sp³-hybridized carbons (Fsp3) is 0.436. The fourth-order valence-electron chi connectivity index (χ4n) is 7.79. The van der Waals surface area contributed by atoms with Gasteiger partial charge in [-0.05, 0) is 101 Å². The Morgan fingerprint density at radius 1 is 1.00 bits per heavy atom. The highest BCUT2D eigenvalue weighted by Crippen LogP contribution is 2.39. The van der Waals surface area contributed by atoms with Crippen LogP contribution in [0.4, 0.5) is 4.79 Å². The lowest BCUT2D eigenvalue weighted by Crippen LogP contribution is -2.62. The van der Waals surface area contributed by atoms with Crippen LogP contribution in [0.3, 0.4) is 0 Å². The highest BCUT2D eigenvalue weighted by Gasteiger charge is 2.43. The quantitative estimate of drug-likeness (QED) is 0.176. The van der Waals surface area contributed by atoms with E-state index in [4.69, 9.17) is 21.3 Å². The van der Waals surface area contributed by atoms with Crippen LogP contribution in [0.5, 0.6) is 0 Å². The molecule has 1 aliphatic heterocycles. The monoisotopic (exact) mass is 758 g/mol. The van der Waals surface area contributed by atoms with E-state index in [1.165, 1.54) is 17.5 Å². The van der Waals surface area contributed by atoms with Gasteiger partial charge in [-0.25, -0.2) is 9.78 Å². The summed E-state index contributed by atoms with van der Waals surface area (Å²) in [5, 5.41) is 0.707. The van der Waals surface area contributed by atoms with Crippen molar-refractivity contribution in [1.29, 1.82) is 0 Å². The average Bonchev–Trinajstić information content (AvgIpc) is 3.60. The van der Waals surface area contributed by atoms with Crippen LogP contribution in [-0.4, -0.2) is 79.6 Å². The number of amides is 2. The van der Waals surface area contributed by atoms with Gasteiger partial charge in [0.15, 0.2) is 0 Å². The minimum atomic E-state index is -0.727. The second kappa shape index (κ2) is 16.1. The Bertz CT molecular complexity index is 1710. The average molecular weight is 760 g/mol. The minimum Gasteiger partial charge on any atom is -0.446 e. The highest BCUT2D eigenvalue weighted by atomic mass is 79.9. The van der Waals surface area contributed by atoms with Crippen LogP contribution in [0.15, 0.2) is 84.0 Å². The van der Waals surface area contributed by atoms with Crippen LogP contribution in [0, 0.1) is 0 Å². The normalized spacial score (nSPS) is 19.7. The molecule has 2 aromatic carbocycles. The van der Waals surface area contributed by atoms with Gasteiger partial charge in [-0.2, -0.15) is 0 Å². The van der Waals surface area contributed by atoms with Crippen molar-refractivity contribution in [3.8, 4) is 0 Å².